The summed E-state index contributed by atoms with van der Waals surface area (Å²) in [6, 6.07) is 1.25. The van der Waals surface area contributed by atoms with E-state index in [9.17, 15) is 4.79 Å². The number of ether oxygens (including phenoxy) is 1. The second-order valence-electron chi connectivity index (χ2n) is 4.32. The second kappa shape index (κ2) is 13.4. The van der Waals surface area contributed by atoms with Crippen LogP contribution in [0.3, 0.4) is 0 Å². The molecule has 2 nitrogen and oxygen atoms in total. The molecule has 0 rings (SSSR count). The first-order valence-electron chi connectivity index (χ1n) is 6.74. The van der Waals surface area contributed by atoms with Crippen LogP contribution in [0.25, 0.3) is 0 Å². The minimum atomic E-state index is -0.249. The van der Waals surface area contributed by atoms with Crippen molar-refractivity contribution < 1.29 is 9.53 Å². The van der Waals surface area contributed by atoms with Crippen molar-refractivity contribution in [3.8, 4) is 0 Å². The van der Waals surface area contributed by atoms with E-state index in [0.29, 0.717) is 6.61 Å². The van der Waals surface area contributed by atoms with Crippen LogP contribution < -0.4 is 0 Å². The third kappa shape index (κ3) is 14.1. The Kier molecular flexibility index (Phi) is 13.4. The van der Waals surface area contributed by atoms with Crippen molar-refractivity contribution in [2.24, 2.45) is 0 Å². The zero-order chi connectivity index (χ0) is 13.6. The Morgan fingerprint density at radius 3 is 2.39 bits per heavy atom. The molecule has 0 aromatic heterocycles. The van der Waals surface area contributed by atoms with Gasteiger partial charge in [0.05, 0.1) is 20.6 Å². The average Bonchev–Trinajstić information content (AvgIpc) is 2.31. The average molecular weight is 311 g/mol. The van der Waals surface area contributed by atoms with Crippen molar-refractivity contribution in [3.63, 3.8) is 0 Å². The Morgan fingerprint density at radius 2 is 1.78 bits per heavy atom. The highest BCUT2D eigenvalue weighted by molar-refractivity contribution is 6.68. The first kappa shape index (κ1) is 18.0. The van der Waals surface area contributed by atoms with Gasteiger partial charge < -0.3 is 4.74 Å². The summed E-state index contributed by atoms with van der Waals surface area (Å²) in [5, 5.41) is 0. The first-order chi connectivity index (χ1) is 8.66. The molecule has 0 saturated carbocycles. The zero-order valence-electron chi connectivity index (χ0n) is 11.2. The largest absolute Gasteiger partial charge is 0.463 e. The maximum absolute atomic E-state index is 11.0. The van der Waals surface area contributed by atoms with Crippen molar-refractivity contribution in [3.05, 3.63) is 12.2 Å². The molecule has 18 heavy (non-hydrogen) atoms. The van der Waals surface area contributed by atoms with E-state index in [-0.39, 0.29) is 19.9 Å². The van der Waals surface area contributed by atoms with Crippen molar-refractivity contribution in [2.75, 3.05) is 6.61 Å². The van der Waals surface area contributed by atoms with E-state index in [4.69, 9.17) is 27.9 Å². The van der Waals surface area contributed by atoms with Gasteiger partial charge in [0.1, 0.15) is 0 Å². The van der Waals surface area contributed by atoms with E-state index in [1.807, 2.05) is 0 Å². The third-order valence-electron chi connectivity index (χ3n) is 2.61. The molecule has 0 saturated heterocycles. The maximum Gasteiger partial charge on any atom is 0.330 e. The molecule has 0 amide bonds. The quantitative estimate of drug-likeness (QED) is 0.191. The van der Waals surface area contributed by atoms with Crippen LogP contribution in [0.1, 0.15) is 45.4 Å². The summed E-state index contributed by atoms with van der Waals surface area (Å²) < 4.78 is 4.93. The molecule has 0 bridgehead atoms. The van der Waals surface area contributed by atoms with Gasteiger partial charge in [0.2, 0.25) is 0 Å². The fourth-order valence-corrected chi connectivity index (χ4v) is 3.52. The Bertz CT molecular complexity index is 233. The van der Waals surface area contributed by atoms with Gasteiger partial charge in [-0.15, -0.1) is 23.2 Å². The van der Waals surface area contributed by atoms with Gasteiger partial charge in [0.15, 0.2) is 0 Å². The third-order valence-corrected chi connectivity index (χ3v) is 5.27. The molecule has 0 aliphatic carbocycles. The summed E-state index contributed by atoms with van der Waals surface area (Å²) >= 11 is 11.4. The number of carbonyl (C=O) groups excluding carboxylic acids is 1. The highest BCUT2D eigenvalue weighted by atomic mass is 35.5. The van der Waals surface area contributed by atoms with Gasteiger partial charge in [-0.25, -0.2) is 4.79 Å². The summed E-state index contributed by atoms with van der Waals surface area (Å²) in [5.74, 6) is -0.237. The summed E-state index contributed by atoms with van der Waals surface area (Å²) in [4.78, 5) is 11.0. The van der Waals surface area contributed by atoms with Crippen LogP contribution >= 0.6 is 23.2 Å². The molecular weight excluding hydrogens is 287 g/mol. The molecule has 0 radical (unpaired) electrons. The topological polar surface area (TPSA) is 26.3 Å². The monoisotopic (exact) mass is 310 g/mol. The van der Waals surface area contributed by atoms with Crippen molar-refractivity contribution >= 4 is 38.7 Å². The van der Waals surface area contributed by atoms with E-state index in [2.05, 4.69) is 0 Å². The minimum Gasteiger partial charge on any atom is -0.463 e. The van der Waals surface area contributed by atoms with E-state index < -0.39 is 0 Å². The normalized spacial score (nSPS) is 12.0. The van der Waals surface area contributed by atoms with Crippen molar-refractivity contribution in [1.29, 1.82) is 0 Å². The van der Waals surface area contributed by atoms with Gasteiger partial charge in [-0.3, -0.25) is 0 Å². The summed E-state index contributed by atoms with van der Waals surface area (Å²) in [7, 11) is -0.249. The van der Waals surface area contributed by atoms with Gasteiger partial charge in [0, 0.05) is 6.08 Å². The Labute approximate surface area is 123 Å². The summed E-state index contributed by atoms with van der Waals surface area (Å²) in [6.45, 7) is 2.34. The van der Waals surface area contributed by atoms with Crippen LogP contribution in [0.5, 0.6) is 0 Å². The number of hydrogen-bond donors (Lipinski definition) is 0. The van der Waals surface area contributed by atoms with Crippen LogP contribution in [0.4, 0.5) is 0 Å². The molecule has 0 aromatic rings. The second-order valence-corrected chi connectivity index (χ2v) is 8.74. The Morgan fingerprint density at radius 1 is 1.17 bits per heavy atom. The van der Waals surface area contributed by atoms with Crippen LogP contribution in [0, 0.1) is 0 Å². The van der Waals surface area contributed by atoms with Crippen LogP contribution in [-0.4, -0.2) is 26.6 Å². The molecule has 0 unspecified atom stereocenters. The zero-order valence-corrected chi connectivity index (χ0v) is 14.1. The lowest BCUT2D eigenvalue weighted by Gasteiger charge is -2.03. The number of alkyl halides is 2. The highest BCUT2D eigenvalue weighted by Gasteiger charge is 1.99. The van der Waals surface area contributed by atoms with Crippen LogP contribution in [-0.2, 0) is 9.53 Å². The van der Waals surface area contributed by atoms with E-state index in [0.717, 1.165) is 12.8 Å². The van der Waals surface area contributed by atoms with Gasteiger partial charge in [-0.2, -0.15) is 0 Å². The summed E-state index contributed by atoms with van der Waals surface area (Å²) in [5.41, 5.74) is 0. The van der Waals surface area contributed by atoms with Crippen LogP contribution in [0.2, 0.25) is 6.04 Å². The minimum absolute atomic E-state index is 0.0724. The number of unbranched alkanes of at least 4 members (excludes halogenated alkanes) is 5. The molecule has 5 heteroatoms. The lowest BCUT2D eigenvalue weighted by molar-refractivity contribution is -0.137. The molecule has 0 N–H and O–H groups in total. The number of halogens is 2. The highest BCUT2D eigenvalue weighted by Crippen LogP contribution is 2.09. The number of rotatable bonds is 11. The van der Waals surface area contributed by atoms with Gasteiger partial charge in [-0.1, -0.05) is 44.2 Å². The van der Waals surface area contributed by atoms with Crippen molar-refractivity contribution in [2.45, 2.75) is 56.0 Å². The predicted molar refractivity (Wildman–Crippen MR) is 82.3 cm³/mol. The molecule has 0 spiro atoms. The van der Waals surface area contributed by atoms with Gasteiger partial charge in [-0.05, 0) is 13.3 Å². The fourth-order valence-electron chi connectivity index (χ4n) is 1.64. The molecule has 106 valence electrons. The molecular formula is C13H24Cl2O2Si. The number of carbonyl (C=O) groups is 1. The Hall–Kier alpha value is 0.00688. The standard InChI is InChI=1S/C13H24Cl2O2Si/c1-2-9-12(16)17-10-7-5-3-4-6-8-11-18-13(14)15/h2,9,13H,3-8,10-11,18H2,1H3. The van der Waals surface area contributed by atoms with Gasteiger partial charge >= 0.3 is 5.97 Å². The van der Waals surface area contributed by atoms with E-state index in [1.54, 1.807) is 13.0 Å². The molecule has 0 fully saturated rings. The lowest BCUT2D eigenvalue weighted by atomic mass is 10.1. The molecule has 0 heterocycles. The number of hydrogen-bond acceptors (Lipinski definition) is 2. The van der Waals surface area contributed by atoms with Gasteiger partial charge in [0.25, 0.3) is 0 Å². The number of allylic oxidation sites excluding steroid dienone is 1. The Balaban J connectivity index is 3.10. The molecule has 0 aliphatic heterocycles. The van der Waals surface area contributed by atoms with E-state index in [1.165, 1.54) is 37.8 Å². The summed E-state index contributed by atoms with van der Waals surface area (Å²) in [6.07, 6.45) is 10.2. The van der Waals surface area contributed by atoms with E-state index >= 15 is 0 Å². The number of esters is 1. The van der Waals surface area contributed by atoms with Crippen LogP contribution in [0.15, 0.2) is 12.2 Å². The fraction of sp³-hybridized carbons (Fsp3) is 0.769. The predicted octanol–water partition coefficient (Wildman–Crippen LogP) is 3.79. The molecule has 0 aliphatic rings. The molecule has 0 atom stereocenters. The maximum atomic E-state index is 11.0. The smallest absolute Gasteiger partial charge is 0.330 e. The lowest BCUT2D eigenvalue weighted by Crippen LogP contribution is -2.02. The van der Waals surface area contributed by atoms with Crippen molar-refractivity contribution in [1.82, 2.24) is 0 Å². The first-order valence-corrected chi connectivity index (χ1v) is 9.43. The SMILES string of the molecule is CC=CC(=O)OCCCCCCCC[SiH2]C(Cl)Cl. The molecule has 0 aromatic carbocycles.